The SMILES string of the molecule is Clc1cc(I)ccc1NCc1c(Cl)oc2ccccc12. The summed E-state index contributed by atoms with van der Waals surface area (Å²) in [5.74, 6) is 0. The van der Waals surface area contributed by atoms with Gasteiger partial charge < -0.3 is 9.73 Å². The van der Waals surface area contributed by atoms with Crippen LogP contribution >= 0.6 is 45.8 Å². The van der Waals surface area contributed by atoms with Crippen molar-refractivity contribution >= 4 is 62.4 Å². The van der Waals surface area contributed by atoms with Gasteiger partial charge in [-0.05, 0) is 58.5 Å². The summed E-state index contributed by atoms with van der Waals surface area (Å²) in [5.41, 5.74) is 2.62. The summed E-state index contributed by atoms with van der Waals surface area (Å²) in [6, 6.07) is 13.7. The fourth-order valence-corrected chi connectivity index (χ4v) is 3.22. The summed E-state index contributed by atoms with van der Waals surface area (Å²) < 4.78 is 6.63. The smallest absolute Gasteiger partial charge is 0.199 e. The molecule has 2 aromatic carbocycles. The molecule has 20 heavy (non-hydrogen) atoms. The zero-order valence-electron chi connectivity index (χ0n) is 10.3. The second-order valence-corrected chi connectivity index (χ2v) is 6.32. The molecule has 0 saturated carbocycles. The van der Waals surface area contributed by atoms with Crippen molar-refractivity contribution in [3.63, 3.8) is 0 Å². The fraction of sp³-hybridized carbons (Fsp3) is 0.0667. The molecule has 1 aromatic heterocycles. The predicted molar refractivity (Wildman–Crippen MR) is 92.7 cm³/mol. The molecule has 0 radical (unpaired) electrons. The Kier molecular flexibility index (Phi) is 4.10. The molecule has 5 heteroatoms. The van der Waals surface area contributed by atoms with Crippen molar-refractivity contribution in [1.29, 1.82) is 0 Å². The topological polar surface area (TPSA) is 25.2 Å². The summed E-state index contributed by atoms with van der Waals surface area (Å²) >= 11 is 14.6. The van der Waals surface area contributed by atoms with Gasteiger partial charge in [-0.25, -0.2) is 0 Å². The number of para-hydroxylation sites is 1. The van der Waals surface area contributed by atoms with Crippen molar-refractivity contribution in [3.8, 4) is 0 Å². The summed E-state index contributed by atoms with van der Waals surface area (Å²) in [6.07, 6.45) is 0. The first kappa shape index (κ1) is 14.0. The summed E-state index contributed by atoms with van der Waals surface area (Å²) in [5, 5.41) is 5.43. The number of nitrogens with one attached hydrogen (secondary N) is 1. The Morgan fingerprint density at radius 1 is 1.10 bits per heavy atom. The number of furan rings is 1. The average Bonchev–Trinajstić information content (AvgIpc) is 2.74. The number of halogens is 3. The van der Waals surface area contributed by atoms with Crippen molar-refractivity contribution in [2.75, 3.05) is 5.32 Å². The van der Waals surface area contributed by atoms with Crippen LogP contribution in [0.25, 0.3) is 11.0 Å². The normalized spacial score (nSPS) is 10.9. The van der Waals surface area contributed by atoms with Crippen LogP contribution < -0.4 is 5.32 Å². The monoisotopic (exact) mass is 417 g/mol. The van der Waals surface area contributed by atoms with Gasteiger partial charge in [-0.2, -0.15) is 0 Å². The number of rotatable bonds is 3. The molecular formula is C15H10Cl2INO. The van der Waals surface area contributed by atoms with E-state index in [1.54, 1.807) is 0 Å². The number of benzene rings is 2. The first-order chi connectivity index (χ1) is 9.65. The van der Waals surface area contributed by atoms with Gasteiger partial charge in [-0.1, -0.05) is 29.8 Å². The van der Waals surface area contributed by atoms with Gasteiger partial charge in [0.2, 0.25) is 0 Å². The van der Waals surface area contributed by atoms with Crippen LogP contribution in [0.1, 0.15) is 5.56 Å². The van der Waals surface area contributed by atoms with E-state index in [0.29, 0.717) is 16.8 Å². The largest absolute Gasteiger partial charge is 0.444 e. The maximum Gasteiger partial charge on any atom is 0.199 e. The highest BCUT2D eigenvalue weighted by molar-refractivity contribution is 14.1. The molecule has 0 aliphatic rings. The molecule has 0 unspecified atom stereocenters. The van der Waals surface area contributed by atoms with Crippen molar-refractivity contribution in [2.45, 2.75) is 6.54 Å². The molecular weight excluding hydrogens is 408 g/mol. The summed E-state index contributed by atoms with van der Waals surface area (Å²) in [7, 11) is 0. The van der Waals surface area contributed by atoms with Crippen LogP contribution in [0, 0.1) is 3.57 Å². The fourth-order valence-electron chi connectivity index (χ4n) is 2.05. The number of hydrogen-bond acceptors (Lipinski definition) is 2. The van der Waals surface area contributed by atoms with E-state index in [9.17, 15) is 0 Å². The van der Waals surface area contributed by atoms with Crippen molar-refractivity contribution in [1.82, 2.24) is 0 Å². The van der Waals surface area contributed by atoms with E-state index in [1.807, 2.05) is 42.5 Å². The third-order valence-corrected chi connectivity index (χ3v) is 4.32. The van der Waals surface area contributed by atoms with Crippen molar-refractivity contribution < 1.29 is 4.42 Å². The zero-order chi connectivity index (χ0) is 14.1. The van der Waals surface area contributed by atoms with E-state index >= 15 is 0 Å². The van der Waals surface area contributed by atoms with E-state index in [2.05, 4.69) is 27.9 Å². The Bertz CT molecular complexity index is 770. The van der Waals surface area contributed by atoms with Gasteiger partial charge in [0, 0.05) is 21.1 Å². The zero-order valence-corrected chi connectivity index (χ0v) is 14.0. The molecule has 0 atom stereocenters. The van der Waals surface area contributed by atoms with Crippen LogP contribution in [0.4, 0.5) is 5.69 Å². The molecule has 0 fully saturated rings. The molecule has 102 valence electrons. The Balaban J connectivity index is 1.88. The predicted octanol–water partition coefficient (Wildman–Crippen LogP) is 5.96. The van der Waals surface area contributed by atoms with E-state index in [-0.39, 0.29) is 0 Å². The highest BCUT2D eigenvalue weighted by atomic mass is 127. The minimum Gasteiger partial charge on any atom is -0.444 e. The van der Waals surface area contributed by atoms with Gasteiger partial charge in [0.15, 0.2) is 5.22 Å². The quantitative estimate of drug-likeness (QED) is 0.532. The standard InChI is InChI=1S/C15H10Cl2INO/c16-12-7-9(18)5-6-13(12)19-8-11-10-3-1-2-4-14(10)20-15(11)17/h1-7,19H,8H2. The Hall–Kier alpha value is -0.910. The average molecular weight is 418 g/mol. The Morgan fingerprint density at radius 2 is 1.90 bits per heavy atom. The molecule has 0 aliphatic carbocycles. The molecule has 3 rings (SSSR count). The maximum atomic E-state index is 6.20. The molecule has 2 nitrogen and oxygen atoms in total. The van der Waals surface area contributed by atoms with E-state index < -0.39 is 0 Å². The van der Waals surface area contributed by atoms with Crippen LogP contribution in [0.2, 0.25) is 10.2 Å². The van der Waals surface area contributed by atoms with Crippen LogP contribution in [-0.4, -0.2) is 0 Å². The van der Waals surface area contributed by atoms with E-state index in [4.69, 9.17) is 27.6 Å². The number of hydrogen-bond donors (Lipinski definition) is 1. The first-order valence-corrected chi connectivity index (χ1v) is 7.83. The molecule has 1 heterocycles. The lowest BCUT2D eigenvalue weighted by Crippen LogP contribution is -2.00. The van der Waals surface area contributed by atoms with Gasteiger partial charge in [-0.15, -0.1) is 0 Å². The first-order valence-electron chi connectivity index (χ1n) is 6.00. The van der Waals surface area contributed by atoms with Gasteiger partial charge in [0.25, 0.3) is 0 Å². The number of anilines is 1. The lowest BCUT2D eigenvalue weighted by Gasteiger charge is -2.08. The molecule has 0 amide bonds. The summed E-state index contributed by atoms with van der Waals surface area (Å²) in [6.45, 7) is 0.566. The molecule has 0 aliphatic heterocycles. The Morgan fingerprint density at radius 3 is 2.70 bits per heavy atom. The van der Waals surface area contributed by atoms with E-state index in [0.717, 1.165) is 25.8 Å². The van der Waals surface area contributed by atoms with Gasteiger partial charge in [0.1, 0.15) is 5.58 Å². The lowest BCUT2D eigenvalue weighted by atomic mass is 10.2. The number of fused-ring (bicyclic) bond motifs is 1. The molecule has 0 saturated heterocycles. The van der Waals surface area contributed by atoms with Crippen LogP contribution in [-0.2, 0) is 6.54 Å². The third-order valence-electron chi connectivity index (χ3n) is 3.04. The molecule has 0 bridgehead atoms. The van der Waals surface area contributed by atoms with Gasteiger partial charge in [-0.3, -0.25) is 0 Å². The lowest BCUT2D eigenvalue weighted by molar-refractivity contribution is 0.613. The van der Waals surface area contributed by atoms with Crippen molar-refractivity contribution in [3.05, 3.63) is 61.8 Å². The van der Waals surface area contributed by atoms with Crippen LogP contribution in [0.5, 0.6) is 0 Å². The molecule has 1 N–H and O–H groups in total. The second kappa shape index (κ2) is 5.84. The molecule has 0 spiro atoms. The van der Waals surface area contributed by atoms with Gasteiger partial charge in [0.05, 0.1) is 10.7 Å². The Labute approximate surface area is 140 Å². The highest BCUT2D eigenvalue weighted by Gasteiger charge is 2.12. The minimum atomic E-state index is 0.417. The minimum absolute atomic E-state index is 0.417. The summed E-state index contributed by atoms with van der Waals surface area (Å²) in [4.78, 5) is 0. The second-order valence-electron chi connectivity index (χ2n) is 4.33. The van der Waals surface area contributed by atoms with Crippen LogP contribution in [0.3, 0.4) is 0 Å². The maximum absolute atomic E-state index is 6.20. The highest BCUT2D eigenvalue weighted by Crippen LogP contribution is 2.31. The molecule has 3 aromatic rings. The van der Waals surface area contributed by atoms with Crippen molar-refractivity contribution in [2.24, 2.45) is 0 Å². The van der Waals surface area contributed by atoms with E-state index in [1.165, 1.54) is 0 Å². The van der Waals surface area contributed by atoms with Gasteiger partial charge >= 0.3 is 0 Å². The third kappa shape index (κ3) is 2.75. The van der Waals surface area contributed by atoms with Crippen LogP contribution in [0.15, 0.2) is 46.9 Å².